The summed E-state index contributed by atoms with van der Waals surface area (Å²) >= 11 is 2.03. The Morgan fingerprint density at radius 3 is 2.85 bits per heavy atom. The number of fused-ring (bicyclic) bond motifs is 1. The zero-order valence-corrected chi connectivity index (χ0v) is 13.9. The molecule has 1 N–H and O–H groups in total. The third kappa shape index (κ3) is 3.09. The average molecular weight is 292 g/mol. The lowest BCUT2D eigenvalue weighted by Gasteiger charge is -2.22. The summed E-state index contributed by atoms with van der Waals surface area (Å²) in [5.74, 6) is 2.32. The SMILES string of the molecule is CC1CCC(c2nc3c(s2)CCCC3CNC(C)C)C1. The highest BCUT2D eigenvalue weighted by molar-refractivity contribution is 7.11. The molecule has 1 heterocycles. The molecule has 0 amide bonds. The molecule has 3 atom stereocenters. The number of aryl methyl sites for hydroxylation is 1. The van der Waals surface area contributed by atoms with Crippen LogP contribution in [0.25, 0.3) is 0 Å². The van der Waals surface area contributed by atoms with Gasteiger partial charge in [0.15, 0.2) is 0 Å². The van der Waals surface area contributed by atoms with Crippen LogP contribution in [0.15, 0.2) is 0 Å². The molecule has 112 valence electrons. The maximum Gasteiger partial charge on any atom is 0.0962 e. The van der Waals surface area contributed by atoms with Crippen LogP contribution < -0.4 is 5.32 Å². The first-order chi connectivity index (χ1) is 9.63. The summed E-state index contributed by atoms with van der Waals surface area (Å²) in [5, 5.41) is 5.06. The second kappa shape index (κ2) is 6.15. The molecule has 3 heteroatoms. The molecule has 2 aliphatic carbocycles. The van der Waals surface area contributed by atoms with Crippen LogP contribution in [0.5, 0.6) is 0 Å². The van der Waals surface area contributed by atoms with Crippen molar-refractivity contribution in [2.45, 2.75) is 77.2 Å². The maximum atomic E-state index is 5.11. The van der Waals surface area contributed by atoms with Crippen LogP contribution in [0.1, 0.15) is 80.3 Å². The summed E-state index contributed by atoms with van der Waals surface area (Å²) < 4.78 is 0. The van der Waals surface area contributed by atoms with Gasteiger partial charge in [-0.15, -0.1) is 11.3 Å². The van der Waals surface area contributed by atoms with Crippen molar-refractivity contribution in [1.82, 2.24) is 10.3 Å². The zero-order valence-electron chi connectivity index (χ0n) is 13.1. The summed E-state index contributed by atoms with van der Waals surface area (Å²) in [6, 6.07) is 0.578. The van der Waals surface area contributed by atoms with Crippen molar-refractivity contribution in [2.24, 2.45) is 5.92 Å². The number of thiazole rings is 1. The van der Waals surface area contributed by atoms with Gasteiger partial charge in [-0.25, -0.2) is 4.98 Å². The molecule has 0 bridgehead atoms. The number of hydrogen-bond acceptors (Lipinski definition) is 3. The van der Waals surface area contributed by atoms with Crippen LogP contribution in [0.3, 0.4) is 0 Å². The number of rotatable bonds is 4. The highest BCUT2D eigenvalue weighted by Crippen LogP contribution is 2.43. The number of nitrogens with one attached hydrogen (secondary N) is 1. The third-order valence-electron chi connectivity index (χ3n) is 4.90. The average Bonchev–Trinajstić information content (AvgIpc) is 3.01. The Bertz CT molecular complexity index is 452. The molecular weight excluding hydrogens is 264 g/mol. The second-order valence-electron chi connectivity index (χ2n) is 7.13. The molecule has 3 rings (SSSR count). The van der Waals surface area contributed by atoms with Gasteiger partial charge in [0.1, 0.15) is 0 Å². The van der Waals surface area contributed by atoms with E-state index in [0.29, 0.717) is 12.0 Å². The molecule has 1 fully saturated rings. The standard InChI is InChI=1S/C17H28N2S/c1-11(2)18-10-14-5-4-6-15-16(14)19-17(20-15)13-8-7-12(3)9-13/h11-14,18H,4-10H2,1-3H3. The zero-order chi connectivity index (χ0) is 14.1. The number of nitrogens with zero attached hydrogens (tertiary/aromatic N) is 1. The second-order valence-corrected chi connectivity index (χ2v) is 8.24. The van der Waals surface area contributed by atoms with Gasteiger partial charge in [0.25, 0.3) is 0 Å². The van der Waals surface area contributed by atoms with Gasteiger partial charge in [-0.3, -0.25) is 0 Å². The van der Waals surface area contributed by atoms with E-state index in [1.807, 2.05) is 11.3 Å². The summed E-state index contributed by atoms with van der Waals surface area (Å²) in [4.78, 5) is 6.70. The molecule has 1 aromatic rings. The quantitative estimate of drug-likeness (QED) is 0.886. The first-order valence-electron chi connectivity index (χ1n) is 8.36. The van der Waals surface area contributed by atoms with Crippen LogP contribution in [-0.4, -0.2) is 17.6 Å². The summed E-state index contributed by atoms with van der Waals surface area (Å²) in [6.07, 6.45) is 8.06. The molecule has 2 aliphatic rings. The highest BCUT2D eigenvalue weighted by atomic mass is 32.1. The molecule has 0 radical (unpaired) electrons. The van der Waals surface area contributed by atoms with Gasteiger partial charge in [-0.2, -0.15) is 0 Å². The molecule has 0 saturated heterocycles. The smallest absolute Gasteiger partial charge is 0.0962 e. The number of aromatic nitrogens is 1. The minimum absolute atomic E-state index is 0.578. The molecule has 3 unspecified atom stereocenters. The van der Waals surface area contributed by atoms with Gasteiger partial charge < -0.3 is 5.32 Å². The fourth-order valence-corrected chi connectivity index (χ4v) is 5.05. The summed E-state index contributed by atoms with van der Waals surface area (Å²) in [6.45, 7) is 7.96. The first kappa shape index (κ1) is 14.5. The molecule has 0 aliphatic heterocycles. The Labute approximate surface area is 127 Å². The normalized spacial score (nSPS) is 29.9. The Morgan fingerprint density at radius 1 is 1.30 bits per heavy atom. The third-order valence-corrected chi connectivity index (χ3v) is 6.20. The van der Waals surface area contributed by atoms with Crippen molar-refractivity contribution in [1.29, 1.82) is 0 Å². The van der Waals surface area contributed by atoms with Crippen molar-refractivity contribution in [3.8, 4) is 0 Å². The van der Waals surface area contributed by atoms with Gasteiger partial charge in [-0.1, -0.05) is 27.2 Å². The Hall–Kier alpha value is -0.410. The van der Waals surface area contributed by atoms with E-state index in [-0.39, 0.29) is 0 Å². The van der Waals surface area contributed by atoms with Crippen LogP contribution in [0, 0.1) is 5.92 Å². The Kier molecular flexibility index (Phi) is 4.46. The van der Waals surface area contributed by atoms with Crippen molar-refractivity contribution < 1.29 is 0 Å². The summed E-state index contributed by atoms with van der Waals surface area (Å²) in [5.41, 5.74) is 1.45. The van der Waals surface area contributed by atoms with Gasteiger partial charge in [0, 0.05) is 29.3 Å². The van der Waals surface area contributed by atoms with Crippen LogP contribution in [0.4, 0.5) is 0 Å². The Morgan fingerprint density at radius 2 is 2.15 bits per heavy atom. The van der Waals surface area contributed by atoms with E-state index in [2.05, 4.69) is 26.1 Å². The minimum atomic E-state index is 0.578. The lowest BCUT2D eigenvalue weighted by molar-refractivity contribution is 0.473. The fraction of sp³-hybridized carbons (Fsp3) is 0.824. The van der Waals surface area contributed by atoms with E-state index >= 15 is 0 Å². The van der Waals surface area contributed by atoms with Gasteiger partial charge >= 0.3 is 0 Å². The molecular formula is C17H28N2S. The van der Waals surface area contributed by atoms with Crippen molar-refractivity contribution in [3.63, 3.8) is 0 Å². The summed E-state index contributed by atoms with van der Waals surface area (Å²) in [7, 11) is 0. The molecule has 0 aromatic carbocycles. The van der Waals surface area contributed by atoms with Crippen molar-refractivity contribution >= 4 is 11.3 Å². The highest BCUT2D eigenvalue weighted by Gasteiger charge is 2.30. The first-order valence-corrected chi connectivity index (χ1v) is 9.18. The molecule has 1 aromatic heterocycles. The van der Waals surface area contributed by atoms with E-state index in [9.17, 15) is 0 Å². The molecule has 2 nitrogen and oxygen atoms in total. The van der Waals surface area contributed by atoms with Crippen LogP contribution in [0.2, 0.25) is 0 Å². The predicted octanol–water partition coefficient (Wildman–Crippen LogP) is 4.46. The van der Waals surface area contributed by atoms with E-state index in [0.717, 1.165) is 18.4 Å². The molecule has 0 spiro atoms. The van der Waals surface area contributed by atoms with Crippen molar-refractivity contribution in [3.05, 3.63) is 15.6 Å². The maximum absolute atomic E-state index is 5.11. The topological polar surface area (TPSA) is 24.9 Å². The lowest BCUT2D eigenvalue weighted by Crippen LogP contribution is -2.29. The lowest BCUT2D eigenvalue weighted by atomic mass is 9.91. The van der Waals surface area contributed by atoms with Gasteiger partial charge in [0.05, 0.1) is 10.7 Å². The van der Waals surface area contributed by atoms with E-state index < -0.39 is 0 Å². The van der Waals surface area contributed by atoms with E-state index in [1.54, 1.807) is 4.88 Å². The fourth-order valence-electron chi connectivity index (χ4n) is 3.71. The Balaban J connectivity index is 1.74. The van der Waals surface area contributed by atoms with Gasteiger partial charge in [0.2, 0.25) is 0 Å². The largest absolute Gasteiger partial charge is 0.314 e. The van der Waals surface area contributed by atoms with Crippen molar-refractivity contribution in [2.75, 3.05) is 6.54 Å². The van der Waals surface area contributed by atoms with E-state index in [1.165, 1.54) is 49.2 Å². The predicted molar refractivity (Wildman–Crippen MR) is 86.7 cm³/mol. The monoisotopic (exact) mass is 292 g/mol. The van der Waals surface area contributed by atoms with Gasteiger partial charge in [-0.05, 0) is 38.0 Å². The minimum Gasteiger partial charge on any atom is -0.314 e. The van der Waals surface area contributed by atoms with Crippen LogP contribution in [-0.2, 0) is 6.42 Å². The molecule has 1 saturated carbocycles. The number of hydrogen-bond donors (Lipinski definition) is 1. The van der Waals surface area contributed by atoms with E-state index in [4.69, 9.17) is 4.98 Å². The molecule has 20 heavy (non-hydrogen) atoms. The van der Waals surface area contributed by atoms with Crippen LogP contribution >= 0.6 is 11.3 Å².